The number of amides is 1. The van der Waals surface area contributed by atoms with Crippen LogP contribution in [0.4, 0.5) is 4.39 Å². The van der Waals surface area contributed by atoms with Gasteiger partial charge >= 0.3 is 5.69 Å². The number of nitrogens with zero attached hydrogens (tertiary/aromatic N) is 4. The summed E-state index contributed by atoms with van der Waals surface area (Å²) in [7, 11) is 0. The van der Waals surface area contributed by atoms with Gasteiger partial charge in [-0.3, -0.25) is 9.20 Å². The Labute approximate surface area is 145 Å². The molecule has 1 N–H and O–H groups in total. The molecule has 0 aliphatic rings. The molecule has 2 aromatic heterocycles. The van der Waals surface area contributed by atoms with Gasteiger partial charge in [0.15, 0.2) is 5.65 Å². The van der Waals surface area contributed by atoms with E-state index < -0.39 is 17.4 Å². The van der Waals surface area contributed by atoms with E-state index in [1.165, 1.54) is 34.9 Å². The first kappa shape index (κ1) is 16.7. The molecule has 0 bridgehead atoms. The lowest BCUT2D eigenvalue weighted by atomic mass is 10.2. The van der Waals surface area contributed by atoms with Crippen LogP contribution in [0.3, 0.4) is 0 Å². The van der Waals surface area contributed by atoms with Crippen LogP contribution in [0.25, 0.3) is 5.65 Å². The highest BCUT2D eigenvalue weighted by Crippen LogP contribution is 2.15. The normalized spacial score (nSPS) is 10.6. The number of aromatic nitrogens is 3. The molecular weight excluding hydrogens is 349 g/mol. The molecular formula is C16H11ClFN5O2. The van der Waals surface area contributed by atoms with Crippen LogP contribution in [-0.4, -0.2) is 20.1 Å². The van der Waals surface area contributed by atoms with Crippen LogP contribution in [0.15, 0.2) is 41.3 Å². The maximum atomic E-state index is 13.4. The van der Waals surface area contributed by atoms with Crippen LogP contribution in [0.1, 0.15) is 11.1 Å². The van der Waals surface area contributed by atoms with Crippen LogP contribution < -0.4 is 11.0 Å². The minimum absolute atomic E-state index is 0.00284. The summed E-state index contributed by atoms with van der Waals surface area (Å²) >= 11 is 5.60. The van der Waals surface area contributed by atoms with E-state index in [9.17, 15) is 14.0 Å². The molecule has 7 nitrogen and oxygen atoms in total. The largest absolute Gasteiger partial charge is 0.350 e. The van der Waals surface area contributed by atoms with Crippen molar-refractivity contribution in [2.24, 2.45) is 0 Å². The Morgan fingerprint density at radius 1 is 1.36 bits per heavy atom. The van der Waals surface area contributed by atoms with Gasteiger partial charge in [0.05, 0.1) is 16.7 Å². The van der Waals surface area contributed by atoms with Crippen LogP contribution >= 0.6 is 11.6 Å². The molecule has 0 aliphatic heterocycles. The fraction of sp³-hybridized carbons (Fsp3) is 0.125. The number of nitrogens with one attached hydrogen (secondary N) is 1. The highest BCUT2D eigenvalue weighted by Gasteiger charge is 2.11. The molecule has 9 heteroatoms. The summed E-state index contributed by atoms with van der Waals surface area (Å²) in [6.45, 7) is -0.202. The predicted molar refractivity (Wildman–Crippen MR) is 87.4 cm³/mol. The van der Waals surface area contributed by atoms with Crippen molar-refractivity contribution < 1.29 is 9.18 Å². The molecule has 0 fully saturated rings. The zero-order valence-corrected chi connectivity index (χ0v) is 13.5. The molecule has 2 heterocycles. The van der Waals surface area contributed by atoms with Gasteiger partial charge in [0.2, 0.25) is 5.91 Å². The van der Waals surface area contributed by atoms with E-state index in [0.29, 0.717) is 11.1 Å². The van der Waals surface area contributed by atoms with Crippen molar-refractivity contribution >= 4 is 23.2 Å². The molecule has 0 spiro atoms. The minimum atomic E-state index is -0.571. The van der Waals surface area contributed by atoms with E-state index in [0.717, 1.165) is 4.68 Å². The monoisotopic (exact) mass is 359 g/mol. The third-order valence-corrected chi connectivity index (χ3v) is 3.79. The van der Waals surface area contributed by atoms with E-state index in [1.807, 2.05) is 6.07 Å². The van der Waals surface area contributed by atoms with Crippen molar-refractivity contribution in [1.82, 2.24) is 19.5 Å². The number of rotatable bonds is 4. The average Bonchev–Trinajstić information content (AvgIpc) is 2.91. The third-order valence-electron chi connectivity index (χ3n) is 3.48. The zero-order chi connectivity index (χ0) is 18.0. The van der Waals surface area contributed by atoms with Crippen LogP contribution in [0.2, 0.25) is 5.02 Å². The van der Waals surface area contributed by atoms with Gasteiger partial charge in [-0.2, -0.15) is 5.26 Å². The number of benzene rings is 1. The molecule has 0 atom stereocenters. The number of halogens is 2. The van der Waals surface area contributed by atoms with E-state index in [1.54, 1.807) is 6.07 Å². The number of hydrogen-bond acceptors (Lipinski definition) is 4. The Balaban J connectivity index is 1.71. The molecule has 0 aliphatic carbocycles. The molecule has 1 amide bonds. The molecule has 0 unspecified atom stereocenters. The van der Waals surface area contributed by atoms with Crippen LogP contribution in [0, 0.1) is 17.1 Å². The standard InChI is InChI=1S/C16H11ClFN5O2/c17-12-2-1-11(5-13(12)18)8-20-15(24)9-23-16(25)22-4-3-10(7-19)6-14(22)21-23/h1-6H,8-9H2,(H,20,24). The number of hydrogen-bond donors (Lipinski definition) is 1. The second-order valence-corrected chi connectivity index (χ2v) is 5.63. The van der Waals surface area contributed by atoms with E-state index in [4.69, 9.17) is 16.9 Å². The van der Waals surface area contributed by atoms with Crippen LogP contribution in [0.5, 0.6) is 0 Å². The number of fused-ring (bicyclic) bond motifs is 1. The quantitative estimate of drug-likeness (QED) is 0.763. The first-order valence-corrected chi connectivity index (χ1v) is 7.55. The van der Waals surface area contributed by atoms with Gasteiger partial charge in [0.1, 0.15) is 12.4 Å². The maximum absolute atomic E-state index is 13.4. The molecule has 25 heavy (non-hydrogen) atoms. The van der Waals surface area contributed by atoms with Gasteiger partial charge in [0, 0.05) is 18.8 Å². The first-order chi connectivity index (χ1) is 12.0. The summed E-state index contributed by atoms with van der Waals surface area (Å²) < 4.78 is 15.6. The summed E-state index contributed by atoms with van der Waals surface area (Å²) in [5.74, 6) is -1.03. The zero-order valence-electron chi connectivity index (χ0n) is 12.7. The fourth-order valence-corrected chi connectivity index (χ4v) is 2.35. The van der Waals surface area contributed by atoms with Crippen molar-refractivity contribution in [3.8, 4) is 6.07 Å². The summed E-state index contributed by atoms with van der Waals surface area (Å²) in [6, 6.07) is 9.10. The highest BCUT2D eigenvalue weighted by atomic mass is 35.5. The Morgan fingerprint density at radius 3 is 2.88 bits per heavy atom. The molecule has 0 saturated heterocycles. The molecule has 126 valence electrons. The molecule has 1 aromatic carbocycles. The highest BCUT2D eigenvalue weighted by molar-refractivity contribution is 6.30. The van der Waals surface area contributed by atoms with Gasteiger partial charge in [-0.05, 0) is 23.8 Å². The van der Waals surface area contributed by atoms with Crippen molar-refractivity contribution in [3.63, 3.8) is 0 Å². The van der Waals surface area contributed by atoms with Gasteiger partial charge in [0.25, 0.3) is 0 Å². The Hall–Kier alpha value is -3.18. The Kier molecular flexibility index (Phi) is 4.50. The molecule has 0 saturated carbocycles. The third kappa shape index (κ3) is 3.51. The summed E-state index contributed by atoms with van der Waals surface area (Å²) in [4.78, 5) is 24.2. The minimum Gasteiger partial charge on any atom is -0.350 e. The van der Waals surface area contributed by atoms with Gasteiger partial charge < -0.3 is 5.32 Å². The van der Waals surface area contributed by atoms with E-state index >= 15 is 0 Å². The summed E-state index contributed by atoms with van der Waals surface area (Å²) in [5, 5.41) is 15.5. The summed E-state index contributed by atoms with van der Waals surface area (Å²) in [6.07, 6.45) is 1.42. The molecule has 0 radical (unpaired) electrons. The van der Waals surface area contributed by atoms with E-state index in [2.05, 4.69) is 10.4 Å². The number of carbonyl (C=O) groups is 1. The topological polar surface area (TPSA) is 92.2 Å². The maximum Gasteiger partial charge on any atom is 0.350 e. The van der Waals surface area contributed by atoms with Gasteiger partial charge in [-0.25, -0.2) is 13.9 Å². The second-order valence-electron chi connectivity index (χ2n) is 5.22. The molecule has 3 rings (SSSR count). The summed E-state index contributed by atoms with van der Waals surface area (Å²) in [5.41, 5.74) is 0.680. The lowest BCUT2D eigenvalue weighted by molar-refractivity contribution is -0.122. The van der Waals surface area contributed by atoms with Gasteiger partial charge in [-0.15, -0.1) is 5.10 Å². The smallest absolute Gasteiger partial charge is 0.350 e. The lowest BCUT2D eigenvalue weighted by Crippen LogP contribution is -2.32. The van der Waals surface area contributed by atoms with Crippen molar-refractivity contribution in [2.75, 3.05) is 0 Å². The van der Waals surface area contributed by atoms with Crippen LogP contribution in [-0.2, 0) is 17.9 Å². The number of nitriles is 1. The predicted octanol–water partition coefficient (Wildman–Crippen LogP) is 1.48. The number of carbonyl (C=O) groups excluding carboxylic acids is 1. The van der Waals surface area contributed by atoms with E-state index in [-0.39, 0.29) is 23.8 Å². The Bertz CT molecular complexity index is 1070. The molecule has 3 aromatic rings. The van der Waals surface area contributed by atoms with Crippen molar-refractivity contribution in [2.45, 2.75) is 13.1 Å². The first-order valence-electron chi connectivity index (χ1n) is 7.18. The SMILES string of the molecule is N#Cc1ccn2c(=O)n(CC(=O)NCc3ccc(Cl)c(F)c3)nc2c1. The van der Waals surface area contributed by atoms with Crippen molar-refractivity contribution in [3.05, 3.63) is 69.0 Å². The van der Waals surface area contributed by atoms with Gasteiger partial charge in [-0.1, -0.05) is 17.7 Å². The second kappa shape index (κ2) is 6.75. The fourth-order valence-electron chi connectivity index (χ4n) is 2.23. The lowest BCUT2D eigenvalue weighted by Gasteiger charge is -2.05. The van der Waals surface area contributed by atoms with Crippen molar-refractivity contribution in [1.29, 1.82) is 5.26 Å². The Morgan fingerprint density at radius 2 is 2.16 bits per heavy atom. The average molecular weight is 360 g/mol. The number of pyridine rings is 1.